The number of hydrogen-bond acceptors (Lipinski definition) is 4. The van der Waals surface area contributed by atoms with Crippen molar-refractivity contribution in [2.75, 3.05) is 19.8 Å². The van der Waals surface area contributed by atoms with Crippen LogP contribution in [0, 0.1) is 23.2 Å². The molecule has 1 amide bonds. The van der Waals surface area contributed by atoms with E-state index in [0.29, 0.717) is 41.2 Å². The molecule has 2 aromatic rings. The van der Waals surface area contributed by atoms with Gasteiger partial charge < -0.3 is 19.7 Å². The Hall–Kier alpha value is -2.20. The molecule has 1 heterocycles. The highest BCUT2D eigenvalue weighted by molar-refractivity contribution is 6.30. The molecule has 6 nitrogen and oxygen atoms in total. The molecule has 178 valence electrons. The summed E-state index contributed by atoms with van der Waals surface area (Å²) in [5.74, 6) is 6.86. The number of aromatic nitrogens is 2. The van der Waals surface area contributed by atoms with Gasteiger partial charge in [-0.25, -0.2) is 4.98 Å². The molecule has 1 saturated carbocycles. The maximum atomic E-state index is 13.2. The Balaban J connectivity index is 1.79. The van der Waals surface area contributed by atoms with E-state index in [1.165, 1.54) is 19.3 Å². The monoisotopic (exact) mass is 491 g/mol. The molecule has 0 atom stereocenters. The minimum absolute atomic E-state index is 0.105. The molecule has 1 aromatic heterocycles. The number of hydrogen-bond donors (Lipinski definition) is 2. The van der Waals surface area contributed by atoms with Crippen LogP contribution < -0.4 is 10.1 Å². The number of ether oxygens (including phenoxy) is 1. The van der Waals surface area contributed by atoms with Crippen molar-refractivity contribution in [1.29, 1.82) is 0 Å². The van der Waals surface area contributed by atoms with Crippen molar-refractivity contribution in [3.8, 4) is 17.6 Å². The van der Waals surface area contributed by atoms with Gasteiger partial charge in [-0.15, -0.1) is 0 Å². The molecule has 0 saturated heterocycles. The number of carbonyl (C=O) groups excluding carboxylic acids is 1. The fourth-order valence-electron chi connectivity index (χ4n) is 3.71. The highest BCUT2D eigenvalue weighted by Gasteiger charge is 2.23. The summed E-state index contributed by atoms with van der Waals surface area (Å²) in [7, 11) is 0. The van der Waals surface area contributed by atoms with Crippen LogP contribution in [0.25, 0.3) is 0 Å². The summed E-state index contributed by atoms with van der Waals surface area (Å²) >= 11 is 12.3. The maximum absolute atomic E-state index is 13.2. The molecule has 3 rings (SSSR count). The fraction of sp³-hybridized carbons (Fsp3) is 0.520. The molecule has 1 aliphatic carbocycles. The van der Waals surface area contributed by atoms with Crippen LogP contribution in [0.4, 0.5) is 0 Å². The highest BCUT2D eigenvalue weighted by Crippen LogP contribution is 2.24. The van der Waals surface area contributed by atoms with Gasteiger partial charge in [0.05, 0.1) is 13.2 Å². The van der Waals surface area contributed by atoms with Gasteiger partial charge in [0.2, 0.25) is 5.28 Å². The number of carbonyl (C=O) groups is 1. The summed E-state index contributed by atoms with van der Waals surface area (Å²) in [6.07, 6.45) is 5.94. The maximum Gasteiger partial charge on any atom is 0.270 e. The van der Waals surface area contributed by atoms with E-state index in [9.17, 15) is 9.90 Å². The van der Waals surface area contributed by atoms with Crippen LogP contribution >= 0.6 is 23.2 Å². The van der Waals surface area contributed by atoms with E-state index in [0.717, 1.165) is 12.8 Å². The molecular weight excluding hydrogens is 461 g/mol. The lowest BCUT2D eigenvalue weighted by Gasteiger charge is -2.22. The number of nitrogens with one attached hydrogen (secondary N) is 1. The van der Waals surface area contributed by atoms with E-state index >= 15 is 0 Å². The van der Waals surface area contributed by atoms with Gasteiger partial charge >= 0.3 is 0 Å². The molecule has 1 fully saturated rings. The van der Waals surface area contributed by atoms with E-state index in [-0.39, 0.29) is 24.4 Å². The summed E-state index contributed by atoms with van der Waals surface area (Å²) in [4.78, 5) is 17.5. The molecule has 1 aliphatic rings. The predicted octanol–water partition coefficient (Wildman–Crippen LogP) is 4.95. The van der Waals surface area contributed by atoms with Gasteiger partial charge in [0, 0.05) is 17.0 Å². The smallest absolute Gasteiger partial charge is 0.270 e. The van der Waals surface area contributed by atoms with Crippen molar-refractivity contribution in [2.45, 2.75) is 52.5 Å². The van der Waals surface area contributed by atoms with Crippen LogP contribution in [0.5, 0.6) is 5.75 Å². The van der Waals surface area contributed by atoms with Crippen LogP contribution in [0.3, 0.4) is 0 Å². The summed E-state index contributed by atoms with van der Waals surface area (Å²) in [6, 6.07) is 7.07. The summed E-state index contributed by atoms with van der Waals surface area (Å²) in [6.45, 7) is 4.77. The number of imidazole rings is 1. The molecule has 33 heavy (non-hydrogen) atoms. The largest absolute Gasteiger partial charge is 0.492 e. The lowest BCUT2D eigenvalue weighted by Crippen LogP contribution is -2.32. The van der Waals surface area contributed by atoms with Gasteiger partial charge in [-0.3, -0.25) is 4.79 Å². The lowest BCUT2D eigenvalue weighted by atomic mass is 9.89. The Bertz CT molecular complexity index is 1000. The minimum Gasteiger partial charge on any atom is -0.492 e. The van der Waals surface area contributed by atoms with Crippen molar-refractivity contribution in [3.63, 3.8) is 0 Å². The molecule has 2 N–H and O–H groups in total. The molecule has 8 heteroatoms. The van der Waals surface area contributed by atoms with Gasteiger partial charge in [-0.2, -0.15) is 0 Å². The van der Waals surface area contributed by atoms with Crippen LogP contribution in [-0.2, 0) is 6.54 Å². The van der Waals surface area contributed by atoms with Crippen LogP contribution in [0.15, 0.2) is 24.3 Å². The third-order valence-corrected chi connectivity index (χ3v) is 6.26. The second kappa shape index (κ2) is 11.8. The van der Waals surface area contributed by atoms with E-state index in [2.05, 4.69) is 22.1 Å². The van der Waals surface area contributed by atoms with Crippen molar-refractivity contribution < 1.29 is 14.6 Å². The number of halogens is 2. The van der Waals surface area contributed by atoms with E-state index in [1.807, 2.05) is 13.8 Å². The summed E-state index contributed by atoms with van der Waals surface area (Å²) < 4.78 is 7.41. The van der Waals surface area contributed by atoms with Crippen LogP contribution in [0.2, 0.25) is 10.3 Å². The molecule has 1 aromatic carbocycles. The Morgan fingerprint density at radius 1 is 1.24 bits per heavy atom. The Kier molecular flexibility index (Phi) is 9.08. The zero-order valence-corrected chi connectivity index (χ0v) is 20.7. The second-order valence-electron chi connectivity index (χ2n) is 9.04. The van der Waals surface area contributed by atoms with Gasteiger partial charge in [-0.05, 0) is 74.4 Å². The number of nitrogens with zero attached hydrogens (tertiary/aromatic N) is 2. The topological polar surface area (TPSA) is 76.4 Å². The minimum atomic E-state index is -0.621. The van der Waals surface area contributed by atoms with Crippen LogP contribution in [0.1, 0.15) is 62.1 Å². The van der Waals surface area contributed by atoms with Gasteiger partial charge in [0.1, 0.15) is 23.7 Å². The Morgan fingerprint density at radius 2 is 1.94 bits per heavy atom. The van der Waals surface area contributed by atoms with Crippen LogP contribution in [-0.4, -0.2) is 40.3 Å². The van der Waals surface area contributed by atoms with E-state index in [1.54, 1.807) is 28.8 Å². The van der Waals surface area contributed by atoms with Gasteiger partial charge in [0.25, 0.3) is 5.91 Å². The van der Waals surface area contributed by atoms with E-state index < -0.39 is 5.41 Å². The normalized spacial score (nSPS) is 14.5. The molecule has 0 spiro atoms. The number of aliphatic hydroxyl groups is 1. The Morgan fingerprint density at radius 3 is 2.61 bits per heavy atom. The first-order chi connectivity index (χ1) is 15.8. The Labute approximate surface area is 205 Å². The molecule has 0 aliphatic heterocycles. The van der Waals surface area contributed by atoms with Crippen molar-refractivity contribution in [3.05, 3.63) is 46.0 Å². The standard InChI is InChI=1S/C25H31Cl2N3O3/c1-25(2,17-31)13-12-21-22(23(32)28-16-18-6-4-3-5-7-18)30(24(27)29-21)14-15-33-20-10-8-19(26)9-11-20/h8-11,18,31H,3-7,14-17H2,1-2H3,(H,28,32). The summed E-state index contributed by atoms with van der Waals surface area (Å²) in [5, 5.41) is 13.4. The molecule has 0 bridgehead atoms. The van der Waals surface area contributed by atoms with Gasteiger partial charge in [-0.1, -0.05) is 36.8 Å². The van der Waals surface area contributed by atoms with Crippen molar-refractivity contribution in [2.24, 2.45) is 11.3 Å². The average molecular weight is 492 g/mol. The SMILES string of the molecule is CC(C)(C#Cc1nc(Cl)n(CCOc2ccc(Cl)cc2)c1C(=O)NCC1CCCCC1)CO. The predicted molar refractivity (Wildman–Crippen MR) is 131 cm³/mol. The average Bonchev–Trinajstić information content (AvgIpc) is 3.13. The summed E-state index contributed by atoms with van der Waals surface area (Å²) in [5.41, 5.74) is -0.00465. The number of rotatable bonds is 8. The fourth-order valence-corrected chi connectivity index (χ4v) is 4.09. The van der Waals surface area contributed by atoms with Crippen molar-refractivity contribution in [1.82, 2.24) is 14.9 Å². The first-order valence-electron chi connectivity index (χ1n) is 11.4. The highest BCUT2D eigenvalue weighted by atomic mass is 35.5. The second-order valence-corrected chi connectivity index (χ2v) is 9.81. The molecule has 0 unspecified atom stereocenters. The zero-order chi connectivity index (χ0) is 23.8. The quantitative estimate of drug-likeness (QED) is 0.512. The molecule has 0 radical (unpaired) electrons. The van der Waals surface area contributed by atoms with E-state index in [4.69, 9.17) is 27.9 Å². The van der Waals surface area contributed by atoms with Gasteiger partial charge in [0.15, 0.2) is 0 Å². The number of benzene rings is 1. The first-order valence-corrected chi connectivity index (χ1v) is 12.1. The number of aliphatic hydroxyl groups excluding tert-OH is 1. The third-order valence-electron chi connectivity index (χ3n) is 5.72. The first kappa shape index (κ1) is 25.4. The number of amides is 1. The zero-order valence-electron chi connectivity index (χ0n) is 19.2. The molecular formula is C25H31Cl2N3O3. The van der Waals surface area contributed by atoms with Crippen molar-refractivity contribution >= 4 is 29.1 Å². The lowest BCUT2D eigenvalue weighted by molar-refractivity contribution is 0.0933. The third kappa shape index (κ3) is 7.40.